The SMILES string of the molecule is CCCCc1nc(=O)c(S(=O)(=O)c2ccc(-c3ccc(OC)nc3C)cc2)c(O)n1[C@H]1CCc2ccccc21. The number of hydrogen-bond donors (Lipinski definition) is 1. The first-order valence-electron chi connectivity index (χ1n) is 13.1. The fourth-order valence-electron chi connectivity index (χ4n) is 5.31. The molecular formula is C30H31N3O5S. The summed E-state index contributed by atoms with van der Waals surface area (Å²) >= 11 is 0. The van der Waals surface area contributed by atoms with Crippen molar-refractivity contribution < 1.29 is 18.3 Å². The van der Waals surface area contributed by atoms with Gasteiger partial charge in [0, 0.05) is 23.7 Å². The zero-order valence-corrected chi connectivity index (χ0v) is 23.0. The van der Waals surface area contributed by atoms with Crippen LogP contribution in [0.15, 0.2) is 75.2 Å². The van der Waals surface area contributed by atoms with Gasteiger partial charge in [-0.05, 0) is 61.1 Å². The molecule has 9 heteroatoms. The summed E-state index contributed by atoms with van der Waals surface area (Å²) in [7, 11) is -2.83. The number of methoxy groups -OCH3 is 1. The van der Waals surface area contributed by atoms with E-state index in [2.05, 4.69) is 9.97 Å². The summed E-state index contributed by atoms with van der Waals surface area (Å²) in [5, 5.41) is 11.5. The van der Waals surface area contributed by atoms with Crippen molar-refractivity contribution in [3.8, 4) is 22.9 Å². The maximum Gasteiger partial charge on any atom is 0.296 e. The molecular weight excluding hydrogens is 514 g/mol. The molecule has 1 atom stereocenters. The van der Waals surface area contributed by atoms with Gasteiger partial charge in [0.15, 0.2) is 4.90 Å². The van der Waals surface area contributed by atoms with Crippen molar-refractivity contribution in [3.63, 3.8) is 0 Å². The summed E-state index contributed by atoms with van der Waals surface area (Å²) in [4.78, 5) is 21.0. The minimum Gasteiger partial charge on any atom is -0.493 e. The fraction of sp³-hybridized carbons (Fsp3) is 0.300. The molecule has 2 aromatic carbocycles. The minimum absolute atomic E-state index is 0.0979. The summed E-state index contributed by atoms with van der Waals surface area (Å²) in [6.07, 6.45) is 3.56. The third kappa shape index (κ3) is 4.83. The number of aromatic hydroxyl groups is 1. The van der Waals surface area contributed by atoms with Crippen LogP contribution in [0.2, 0.25) is 0 Å². The largest absolute Gasteiger partial charge is 0.493 e. The van der Waals surface area contributed by atoms with Crippen LogP contribution < -0.4 is 10.3 Å². The third-order valence-electron chi connectivity index (χ3n) is 7.31. The molecule has 39 heavy (non-hydrogen) atoms. The second kappa shape index (κ2) is 10.6. The van der Waals surface area contributed by atoms with Crippen LogP contribution in [-0.4, -0.2) is 35.2 Å². The van der Waals surface area contributed by atoms with Crippen LogP contribution in [0.25, 0.3) is 11.1 Å². The highest BCUT2D eigenvalue weighted by Crippen LogP contribution is 2.39. The molecule has 1 N–H and O–H groups in total. The molecule has 0 bridgehead atoms. The van der Waals surface area contributed by atoms with Crippen molar-refractivity contribution in [2.45, 2.75) is 61.8 Å². The number of rotatable bonds is 8. The van der Waals surface area contributed by atoms with Crippen LogP contribution in [0.5, 0.6) is 11.8 Å². The number of hydrogen-bond acceptors (Lipinski definition) is 7. The van der Waals surface area contributed by atoms with E-state index in [0.29, 0.717) is 24.5 Å². The molecule has 0 saturated heterocycles. The number of ether oxygens (including phenoxy) is 1. The van der Waals surface area contributed by atoms with E-state index in [9.17, 15) is 18.3 Å². The van der Waals surface area contributed by atoms with Crippen molar-refractivity contribution in [2.24, 2.45) is 0 Å². The summed E-state index contributed by atoms with van der Waals surface area (Å²) in [5.41, 5.74) is 3.53. The third-order valence-corrected chi connectivity index (χ3v) is 9.10. The highest BCUT2D eigenvalue weighted by Gasteiger charge is 2.34. The van der Waals surface area contributed by atoms with E-state index in [4.69, 9.17) is 4.74 Å². The maximum atomic E-state index is 13.8. The molecule has 2 heterocycles. The number of unbranched alkanes of at least 4 members (excludes halogenated alkanes) is 1. The Morgan fingerprint density at radius 1 is 1.05 bits per heavy atom. The summed E-state index contributed by atoms with van der Waals surface area (Å²) in [5.74, 6) is 0.335. The molecule has 0 unspecified atom stereocenters. The number of nitrogens with zero attached hydrogens (tertiary/aromatic N) is 3. The molecule has 8 nitrogen and oxygen atoms in total. The van der Waals surface area contributed by atoms with Gasteiger partial charge in [-0.2, -0.15) is 4.98 Å². The Balaban J connectivity index is 1.60. The van der Waals surface area contributed by atoms with E-state index < -0.39 is 26.2 Å². The number of pyridine rings is 1. The maximum absolute atomic E-state index is 13.8. The van der Waals surface area contributed by atoms with Crippen LogP contribution in [0, 0.1) is 6.92 Å². The fourth-order valence-corrected chi connectivity index (χ4v) is 6.66. The van der Waals surface area contributed by atoms with Crippen molar-refractivity contribution in [2.75, 3.05) is 7.11 Å². The first-order valence-corrected chi connectivity index (χ1v) is 14.5. The van der Waals surface area contributed by atoms with Gasteiger partial charge in [0.05, 0.1) is 18.0 Å². The average Bonchev–Trinajstić information content (AvgIpc) is 3.35. The van der Waals surface area contributed by atoms with Crippen LogP contribution in [0.3, 0.4) is 0 Å². The van der Waals surface area contributed by atoms with Gasteiger partial charge >= 0.3 is 0 Å². The normalized spacial score (nSPS) is 14.8. The standard InChI is InChI=1S/C30H31N3O5S/c1-4-5-10-26-32-29(34)28(30(35)33(26)25-17-13-20-8-6-7-9-24(20)25)39(36,37)22-14-11-21(12-15-22)23-16-18-27(38-3)31-19(23)2/h6-9,11-12,14-16,18,25,35H,4-5,10,13,17H2,1-3H3/t25-/m0/s1. The number of fused-ring (bicyclic) bond motifs is 1. The molecule has 0 spiro atoms. The van der Waals surface area contributed by atoms with Crippen molar-refractivity contribution in [1.29, 1.82) is 0 Å². The molecule has 0 amide bonds. The van der Waals surface area contributed by atoms with E-state index in [0.717, 1.165) is 47.2 Å². The van der Waals surface area contributed by atoms with Crippen LogP contribution >= 0.6 is 0 Å². The van der Waals surface area contributed by atoms with Crippen molar-refractivity contribution in [1.82, 2.24) is 14.5 Å². The van der Waals surface area contributed by atoms with Gasteiger partial charge in [0.25, 0.3) is 5.56 Å². The summed E-state index contributed by atoms with van der Waals surface area (Å²) in [6.45, 7) is 3.87. The van der Waals surface area contributed by atoms with Gasteiger partial charge in [0.1, 0.15) is 5.82 Å². The van der Waals surface area contributed by atoms with E-state index in [1.54, 1.807) is 29.9 Å². The first-order chi connectivity index (χ1) is 18.8. The van der Waals surface area contributed by atoms with Gasteiger partial charge in [0.2, 0.25) is 21.6 Å². The zero-order valence-electron chi connectivity index (χ0n) is 22.2. The predicted octanol–water partition coefficient (Wildman–Crippen LogP) is 5.04. The summed E-state index contributed by atoms with van der Waals surface area (Å²) < 4.78 is 34.3. The van der Waals surface area contributed by atoms with Crippen molar-refractivity contribution in [3.05, 3.63) is 93.7 Å². The quantitative estimate of drug-likeness (QED) is 0.330. The number of aryl methyl sites for hydroxylation is 3. The van der Waals surface area contributed by atoms with Crippen LogP contribution in [0.4, 0.5) is 0 Å². The topological polar surface area (TPSA) is 111 Å². The van der Waals surface area contributed by atoms with E-state index >= 15 is 0 Å². The van der Waals surface area contributed by atoms with Crippen LogP contribution in [-0.2, 0) is 22.7 Å². The molecule has 4 aromatic rings. The van der Waals surface area contributed by atoms with Gasteiger partial charge in [-0.1, -0.05) is 49.7 Å². The van der Waals surface area contributed by atoms with Crippen LogP contribution in [0.1, 0.15) is 54.9 Å². The molecule has 0 saturated carbocycles. The number of sulfone groups is 1. The molecule has 1 aliphatic carbocycles. The van der Waals surface area contributed by atoms with Gasteiger partial charge in [-0.15, -0.1) is 0 Å². The Morgan fingerprint density at radius 3 is 2.49 bits per heavy atom. The molecule has 1 aliphatic rings. The first kappa shape index (κ1) is 26.6. The Labute approximate surface area is 227 Å². The average molecular weight is 546 g/mol. The lowest BCUT2D eigenvalue weighted by Crippen LogP contribution is -2.27. The van der Waals surface area contributed by atoms with E-state index in [1.807, 2.05) is 44.2 Å². The lowest BCUT2D eigenvalue weighted by molar-refractivity contribution is 0.361. The highest BCUT2D eigenvalue weighted by molar-refractivity contribution is 7.91. The lowest BCUT2D eigenvalue weighted by atomic mass is 10.0. The molecule has 0 fully saturated rings. The molecule has 2 aromatic heterocycles. The zero-order chi connectivity index (χ0) is 27.7. The smallest absolute Gasteiger partial charge is 0.296 e. The lowest BCUT2D eigenvalue weighted by Gasteiger charge is -2.23. The Morgan fingerprint density at radius 2 is 1.79 bits per heavy atom. The summed E-state index contributed by atoms with van der Waals surface area (Å²) in [6, 6.07) is 17.4. The monoisotopic (exact) mass is 545 g/mol. The minimum atomic E-state index is -4.37. The van der Waals surface area contributed by atoms with E-state index in [1.165, 1.54) is 12.1 Å². The Bertz CT molecular complexity index is 1700. The molecule has 5 rings (SSSR count). The van der Waals surface area contributed by atoms with Gasteiger partial charge in [-0.3, -0.25) is 9.36 Å². The second-order valence-electron chi connectivity index (χ2n) is 9.73. The number of aromatic nitrogens is 3. The number of benzene rings is 2. The van der Waals surface area contributed by atoms with Gasteiger partial charge in [-0.25, -0.2) is 13.4 Å². The Hall–Kier alpha value is -3.98. The van der Waals surface area contributed by atoms with Crippen molar-refractivity contribution >= 4 is 9.84 Å². The molecule has 0 aliphatic heterocycles. The predicted molar refractivity (Wildman–Crippen MR) is 148 cm³/mol. The highest BCUT2D eigenvalue weighted by atomic mass is 32.2. The van der Waals surface area contributed by atoms with Gasteiger partial charge < -0.3 is 9.84 Å². The second-order valence-corrected chi connectivity index (χ2v) is 11.6. The molecule has 202 valence electrons. The Kier molecular flexibility index (Phi) is 7.27. The van der Waals surface area contributed by atoms with E-state index in [-0.39, 0.29) is 10.9 Å². The molecule has 0 radical (unpaired) electrons.